The number of carbonyl (C=O) groups excluding carboxylic acids is 3. The summed E-state index contributed by atoms with van der Waals surface area (Å²) in [6.45, 7) is 2.96. The van der Waals surface area contributed by atoms with Gasteiger partial charge < -0.3 is 33.6 Å². The van der Waals surface area contributed by atoms with Crippen molar-refractivity contribution in [3.05, 3.63) is 95.6 Å². The van der Waals surface area contributed by atoms with Gasteiger partial charge in [0.15, 0.2) is 12.2 Å². The number of hydrogen-bond donors (Lipinski definition) is 1. The van der Waals surface area contributed by atoms with Crippen molar-refractivity contribution in [1.29, 1.82) is 0 Å². The standard InChI is InChI=1S/C33H36O9S/c1-21-9-16-26(17-10-21)43-33-31(42-32(37)24-7-5-4-6-8-24)30(39-20-23-12-14-25(38-3)15-13-23)29(27(19-34)40-33)41-28(36)18-11-22(2)35/h4-10,12-17,27,29-31,33-34H,11,18-20H2,1-3H3/t27-,29+,30+,31-,33+/m1/s1. The summed E-state index contributed by atoms with van der Waals surface area (Å²) < 4.78 is 29.8. The molecule has 0 saturated carbocycles. The van der Waals surface area contributed by atoms with Crippen LogP contribution in [0.25, 0.3) is 0 Å². The quantitative estimate of drug-likeness (QED) is 0.268. The average Bonchev–Trinajstić information content (AvgIpc) is 3.02. The number of ether oxygens (including phenoxy) is 5. The molecule has 9 nitrogen and oxygen atoms in total. The summed E-state index contributed by atoms with van der Waals surface area (Å²) >= 11 is 1.31. The molecule has 0 spiro atoms. The van der Waals surface area contributed by atoms with Crippen molar-refractivity contribution in [3.8, 4) is 5.75 Å². The second-order valence-corrected chi connectivity index (χ2v) is 11.3. The first-order chi connectivity index (χ1) is 20.8. The van der Waals surface area contributed by atoms with Crippen LogP contribution >= 0.6 is 11.8 Å². The number of ketones is 1. The molecule has 1 saturated heterocycles. The van der Waals surface area contributed by atoms with Gasteiger partial charge in [-0.2, -0.15) is 0 Å². The van der Waals surface area contributed by atoms with Crippen molar-refractivity contribution in [3.63, 3.8) is 0 Å². The number of methoxy groups -OCH3 is 1. The van der Waals surface area contributed by atoms with Crippen LogP contribution in [0.4, 0.5) is 0 Å². The highest BCUT2D eigenvalue weighted by Crippen LogP contribution is 2.38. The lowest BCUT2D eigenvalue weighted by Crippen LogP contribution is -2.61. The van der Waals surface area contributed by atoms with E-state index in [4.69, 9.17) is 23.7 Å². The third-order valence-electron chi connectivity index (χ3n) is 6.85. The zero-order valence-electron chi connectivity index (χ0n) is 24.3. The molecule has 0 aromatic heterocycles. The SMILES string of the molecule is COc1ccc(CO[C@H]2[C@@H](OC(=O)CCC(C)=O)[C@@H](CO)O[C@@H](Sc3ccc(C)cc3)[C@@H]2OC(=O)c2ccccc2)cc1. The topological polar surface area (TPSA) is 118 Å². The number of aliphatic hydroxyl groups is 1. The fraction of sp³-hybridized carbons (Fsp3) is 0.364. The lowest BCUT2D eigenvalue weighted by molar-refractivity contribution is -0.234. The molecule has 10 heteroatoms. The number of carbonyl (C=O) groups is 3. The molecule has 1 heterocycles. The number of aliphatic hydroxyl groups excluding tert-OH is 1. The number of thioether (sulfide) groups is 1. The van der Waals surface area contributed by atoms with Crippen molar-refractivity contribution >= 4 is 29.5 Å². The third kappa shape index (κ3) is 9.14. The summed E-state index contributed by atoms with van der Waals surface area (Å²) in [5.74, 6) is -0.743. The maximum Gasteiger partial charge on any atom is 0.338 e. The molecule has 43 heavy (non-hydrogen) atoms. The first kappa shape index (κ1) is 32.2. The predicted octanol–water partition coefficient (Wildman–Crippen LogP) is 4.90. The van der Waals surface area contributed by atoms with Gasteiger partial charge in [0.25, 0.3) is 0 Å². The minimum Gasteiger partial charge on any atom is -0.497 e. The Morgan fingerprint density at radius 1 is 0.860 bits per heavy atom. The number of esters is 2. The summed E-state index contributed by atoms with van der Waals surface area (Å²) in [6.07, 6.45) is -4.34. The summed E-state index contributed by atoms with van der Waals surface area (Å²) in [4.78, 5) is 38.5. The van der Waals surface area contributed by atoms with Crippen LogP contribution in [0, 0.1) is 6.92 Å². The van der Waals surface area contributed by atoms with Crippen LogP contribution in [-0.4, -0.2) is 66.4 Å². The molecule has 0 aliphatic carbocycles. The van der Waals surface area contributed by atoms with Gasteiger partial charge >= 0.3 is 11.9 Å². The summed E-state index contributed by atoms with van der Waals surface area (Å²) in [5, 5.41) is 10.4. The smallest absolute Gasteiger partial charge is 0.338 e. The van der Waals surface area contributed by atoms with Crippen molar-refractivity contribution < 1.29 is 43.2 Å². The summed E-state index contributed by atoms with van der Waals surface area (Å²) in [5.41, 5.74) is 1.38. The first-order valence-electron chi connectivity index (χ1n) is 14.0. The zero-order chi connectivity index (χ0) is 30.8. The maximum atomic E-state index is 13.4. The number of benzene rings is 3. The number of rotatable bonds is 13. The largest absolute Gasteiger partial charge is 0.497 e. The fourth-order valence-corrected chi connectivity index (χ4v) is 5.60. The Kier molecular flexibility index (Phi) is 11.7. The highest BCUT2D eigenvalue weighted by Gasteiger charge is 2.51. The van der Waals surface area contributed by atoms with Gasteiger partial charge in [0.1, 0.15) is 29.2 Å². The molecule has 1 aliphatic rings. The highest BCUT2D eigenvalue weighted by atomic mass is 32.2. The minimum absolute atomic E-state index is 0.00585. The number of hydrogen-bond acceptors (Lipinski definition) is 10. The normalized spacial score (nSPS) is 21.5. The van der Waals surface area contributed by atoms with Crippen molar-refractivity contribution in [1.82, 2.24) is 0 Å². The lowest BCUT2D eigenvalue weighted by atomic mass is 9.99. The van der Waals surface area contributed by atoms with Crippen molar-refractivity contribution in [2.75, 3.05) is 13.7 Å². The Bertz CT molecular complexity index is 1350. The van der Waals surface area contributed by atoms with Crippen molar-refractivity contribution in [2.24, 2.45) is 0 Å². The molecule has 1 aliphatic heterocycles. The molecule has 4 rings (SSSR count). The maximum absolute atomic E-state index is 13.4. The molecule has 3 aromatic rings. The Hall–Kier alpha value is -3.70. The molecule has 0 unspecified atom stereocenters. The summed E-state index contributed by atoms with van der Waals surface area (Å²) in [7, 11) is 1.57. The van der Waals surface area contributed by atoms with E-state index in [2.05, 4.69) is 0 Å². The Morgan fingerprint density at radius 3 is 2.19 bits per heavy atom. The van der Waals surface area contributed by atoms with E-state index < -0.39 is 48.4 Å². The zero-order valence-corrected chi connectivity index (χ0v) is 25.2. The molecule has 0 amide bonds. The Morgan fingerprint density at radius 2 is 1.56 bits per heavy atom. The monoisotopic (exact) mass is 608 g/mol. The number of Topliss-reactive ketones (excluding diaryl/α,β-unsaturated/α-hetero) is 1. The lowest BCUT2D eigenvalue weighted by Gasteiger charge is -2.44. The van der Waals surface area contributed by atoms with E-state index in [9.17, 15) is 19.5 Å². The van der Waals surface area contributed by atoms with Gasteiger partial charge in [0.2, 0.25) is 0 Å². The molecule has 1 fully saturated rings. The van der Waals surface area contributed by atoms with E-state index in [0.29, 0.717) is 11.3 Å². The molecule has 0 bridgehead atoms. The van der Waals surface area contributed by atoms with Crippen LogP contribution in [-0.2, 0) is 35.1 Å². The van der Waals surface area contributed by atoms with Crippen LogP contribution in [0.1, 0.15) is 41.3 Å². The predicted molar refractivity (Wildman–Crippen MR) is 160 cm³/mol. The van der Waals surface area contributed by atoms with Gasteiger partial charge in [-0.1, -0.05) is 59.8 Å². The van der Waals surface area contributed by atoms with E-state index in [-0.39, 0.29) is 25.2 Å². The van der Waals surface area contributed by atoms with Crippen LogP contribution in [0.2, 0.25) is 0 Å². The Labute approximate surface area is 255 Å². The van der Waals surface area contributed by atoms with Crippen LogP contribution in [0.15, 0.2) is 83.8 Å². The van der Waals surface area contributed by atoms with E-state index in [0.717, 1.165) is 16.0 Å². The van der Waals surface area contributed by atoms with Crippen LogP contribution in [0.5, 0.6) is 5.75 Å². The fourth-order valence-electron chi connectivity index (χ4n) is 4.50. The molecule has 3 aromatic carbocycles. The van der Waals surface area contributed by atoms with E-state index in [1.165, 1.54) is 18.7 Å². The van der Waals surface area contributed by atoms with Gasteiger partial charge in [0, 0.05) is 11.3 Å². The third-order valence-corrected chi connectivity index (χ3v) is 8.00. The van der Waals surface area contributed by atoms with E-state index in [1.54, 1.807) is 49.6 Å². The van der Waals surface area contributed by atoms with Gasteiger partial charge in [-0.3, -0.25) is 4.79 Å². The second kappa shape index (κ2) is 15.7. The molecule has 0 radical (unpaired) electrons. The van der Waals surface area contributed by atoms with Crippen molar-refractivity contribution in [2.45, 2.75) is 68.0 Å². The molecule has 228 valence electrons. The second-order valence-electron chi connectivity index (χ2n) is 10.2. The highest BCUT2D eigenvalue weighted by molar-refractivity contribution is 7.99. The van der Waals surface area contributed by atoms with E-state index >= 15 is 0 Å². The average molecular weight is 609 g/mol. The Balaban J connectivity index is 1.69. The van der Waals surface area contributed by atoms with Gasteiger partial charge in [-0.05, 0) is 55.8 Å². The summed E-state index contributed by atoms with van der Waals surface area (Å²) in [6, 6.07) is 23.5. The minimum atomic E-state index is -1.13. The molecular formula is C33H36O9S. The molecule has 5 atom stereocenters. The van der Waals surface area contributed by atoms with Gasteiger partial charge in [-0.25, -0.2) is 4.79 Å². The number of aryl methyl sites for hydroxylation is 1. The molecular weight excluding hydrogens is 572 g/mol. The van der Waals surface area contributed by atoms with Gasteiger partial charge in [-0.15, -0.1) is 0 Å². The van der Waals surface area contributed by atoms with Crippen LogP contribution < -0.4 is 4.74 Å². The molecule has 1 N–H and O–H groups in total. The van der Waals surface area contributed by atoms with Gasteiger partial charge in [0.05, 0.1) is 32.3 Å². The first-order valence-corrected chi connectivity index (χ1v) is 14.8. The van der Waals surface area contributed by atoms with Crippen LogP contribution in [0.3, 0.4) is 0 Å². The van der Waals surface area contributed by atoms with E-state index in [1.807, 2.05) is 43.3 Å².